The van der Waals surface area contributed by atoms with Crippen LogP contribution in [-0.2, 0) is 6.42 Å². The van der Waals surface area contributed by atoms with Gasteiger partial charge in [-0.2, -0.15) is 0 Å². The summed E-state index contributed by atoms with van der Waals surface area (Å²) in [6.07, 6.45) is 1.98. The van der Waals surface area contributed by atoms with Crippen molar-refractivity contribution in [2.45, 2.75) is 32.7 Å². The molecule has 0 aliphatic heterocycles. The molecule has 3 nitrogen and oxygen atoms in total. The van der Waals surface area contributed by atoms with Gasteiger partial charge in [0.2, 0.25) is 0 Å². The molecule has 18 heavy (non-hydrogen) atoms. The minimum absolute atomic E-state index is 0.281. The van der Waals surface area contributed by atoms with Gasteiger partial charge >= 0.3 is 0 Å². The summed E-state index contributed by atoms with van der Waals surface area (Å²) in [5.41, 5.74) is 5.05. The number of hydrogen-bond donors (Lipinski definition) is 2. The topological polar surface area (TPSA) is 50.9 Å². The molecule has 1 aromatic heterocycles. The van der Waals surface area contributed by atoms with Gasteiger partial charge in [0.05, 0.1) is 5.52 Å². The largest absolute Gasteiger partial charge is 0.271 e. The van der Waals surface area contributed by atoms with Crippen LogP contribution in [0.5, 0.6) is 0 Å². The standard InChI is InChI=1S/C15H21N3/c1-3-11(2)15(18-16)10-13-9-8-12-6-4-5-7-14(12)17-13/h4-9,11,15,18H,3,10,16H2,1-2H3. The molecule has 3 heteroatoms. The van der Waals surface area contributed by atoms with Gasteiger partial charge in [-0.15, -0.1) is 0 Å². The number of fused-ring (bicyclic) bond motifs is 1. The second-order valence-corrected chi connectivity index (χ2v) is 4.86. The van der Waals surface area contributed by atoms with Gasteiger partial charge in [-0.1, -0.05) is 44.5 Å². The molecule has 0 amide bonds. The summed E-state index contributed by atoms with van der Waals surface area (Å²) in [4.78, 5) is 4.68. The average Bonchev–Trinajstić information content (AvgIpc) is 2.43. The Balaban J connectivity index is 2.20. The third-order valence-electron chi connectivity index (χ3n) is 3.63. The first-order valence-corrected chi connectivity index (χ1v) is 6.55. The van der Waals surface area contributed by atoms with E-state index in [1.807, 2.05) is 18.2 Å². The van der Waals surface area contributed by atoms with Crippen LogP contribution in [0.4, 0.5) is 0 Å². The molecule has 3 N–H and O–H groups in total. The number of pyridine rings is 1. The molecule has 0 saturated carbocycles. The first-order valence-electron chi connectivity index (χ1n) is 6.55. The van der Waals surface area contributed by atoms with Gasteiger partial charge in [0.1, 0.15) is 0 Å². The lowest BCUT2D eigenvalue weighted by Crippen LogP contribution is -2.41. The van der Waals surface area contributed by atoms with E-state index in [1.165, 1.54) is 5.39 Å². The van der Waals surface area contributed by atoms with E-state index >= 15 is 0 Å². The van der Waals surface area contributed by atoms with Crippen molar-refractivity contribution in [3.63, 3.8) is 0 Å². The molecule has 0 fully saturated rings. The third-order valence-corrected chi connectivity index (χ3v) is 3.63. The number of nitrogens with one attached hydrogen (secondary N) is 1. The van der Waals surface area contributed by atoms with E-state index in [4.69, 9.17) is 5.84 Å². The second-order valence-electron chi connectivity index (χ2n) is 4.86. The van der Waals surface area contributed by atoms with Crippen LogP contribution in [0.1, 0.15) is 26.0 Å². The molecule has 2 atom stereocenters. The molecule has 96 valence electrons. The molecular formula is C15H21N3. The van der Waals surface area contributed by atoms with Crippen molar-refractivity contribution in [3.05, 3.63) is 42.1 Å². The lowest BCUT2D eigenvalue weighted by molar-refractivity contribution is 0.368. The van der Waals surface area contributed by atoms with Crippen LogP contribution in [0.25, 0.3) is 10.9 Å². The highest BCUT2D eigenvalue weighted by Gasteiger charge is 2.15. The number of hydrazine groups is 1. The number of aromatic nitrogens is 1. The first kappa shape index (κ1) is 13.0. The van der Waals surface area contributed by atoms with Gasteiger partial charge in [-0.05, 0) is 18.1 Å². The van der Waals surface area contributed by atoms with E-state index in [2.05, 4.69) is 42.5 Å². The third kappa shape index (κ3) is 2.86. The van der Waals surface area contributed by atoms with E-state index in [-0.39, 0.29) is 6.04 Å². The zero-order valence-corrected chi connectivity index (χ0v) is 11.1. The molecule has 0 spiro atoms. The SMILES string of the molecule is CCC(C)C(Cc1ccc2ccccc2n1)NN. The highest BCUT2D eigenvalue weighted by Crippen LogP contribution is 2.15. The summed E-state index contributed by atoms with van der Waals surface area (Å²) in [7, 11) is 0. The smallest absolute Gasteiger partial charge is 0.0705 e. The van der Waals surface area contributed by atoms with Crippen LogP contribution in [0.2, 0.25) is 0 Å². The molecule has 2 aromatic rings. The van der Waals surface area contributed by atoms with E-state index in [0.717, 1.165) is 24.1 Å². The Kier molecular flexibility index (Phi) is 4.28. The number of para-hydroxylation sites is 1. The van der Waals surface area contributed by atoms with Crippen LogP contribution in [0.15, 0.2) is 36.4 Å². The van der Waals surface area contributed by atoms with E-state index < -0.39 is 0 Å². The summed E-state index contributed by atoms with van der Waals surface area (Å²) in [5.74, 6) is 6.18. The molecule has 0 aliphatic rings. The number of hydrogen-bond acceptors (Lipinski definition) is 3. The Hall–Kier alpha value is -1.45. The fourth-order valence-electron chi connectivity index (χ4n) is 2.16. The molecule has 0 aliphatic carbocycles. The maximum absolute atomic E-state index is 5.63. The van der Waals surface area contributed by atoms with Crippen molar-refractivity contribution in [2.24, 2.45) is 11.8 Å². The minimum Gasteiger partial charge on any atom is -0.271 e. The predicted octanol–water partition coefficient (Wildman–Crippen LogP) is 2.66. The molecule has 0 radical (unpaired) electrons. The van der Waals surface area contributed by atoms with E-state index in [9.17, 15) is 0 Å². The molecule has 0 bridgehead atoms. The van der Waals surface area contributed by atoms with Gasteiger partial charge in [0, 0.05) is 23.5 Å². The van der Waals surface area contributed by atoms with Crippen molar-refractivity contribution >= 4 is 10.9 Å². The van der Waals surface area contributed by atoms with Crippen LogP contribution < -0.4 is 11.3 Å². The number of benzene rings is 1. The molecule has 1 aromatic carbocycles. The van der Waals surface area contributed by atoms with Gasteiger partial charge in [-0.25, -0.2) is 0 Å². The van der Waals surface area contributed by atoms with Crippen LogP contribution in [0.3, 0.4) is 0 Å². The van der Waals surface area contributed by atoms with Crippen molar-refractivity contribution in [1.82, 2.24) is 10.4 Å². The quantitative estimate of drug-likeness (QED) is 0.627. The zero-order chi connectivity index (χ0) is 13.0. The predicted molar refractivity (Wildman–Crippen MR) is 76.0 cm³/mol. The highest BCUT2D eigenvalue weighted by atomic mass is 15.2. The molecule has 1 heterocycles. The fourth-order valence-corrected chi connectivity index (χ4v) is 2.16. The van der Waals surface area contributed by atoms with E-state index in [1.54, 1.807) is 0 Å². The Morgan fingerprint density at radius 1 is 1.22 bits per heavy atom. The van der Waals surface area contributed by atoms with Crippen LogP contribution in [-0.4, -0.2) is 11.0 Å². The lowest BCUT2D eigenvalue weighted by atomic mass is 9.95. The first-order chi connectivity index (χ1) is 8.74. The van der Waals surface area contributed by atoms with Gasteiger partial charge in [0.15, 0.2) is 0 Å². The van der Waals surface area contributed by atoms with Gasteiger partial charge in [-0.3, -0.25) is 16.3 Å². The Labute approximate surface area is 108 Å². The van der Waals surface area contributed by atoms with Crippen molar-refractivity contribution < 1.29 is 0 Å². The number of nitrogens with two attached hydrogens (primary N) is 1. The van der Waals surface area contributed by atoms with Crippen LogP contribution >= 0.6 is 0 Å². The second kappa shape index (κ2) is 5.94. The van der Waals surface area contributed by atoms with Crippen LogP contribution in [0, 0.1) is 5.92 Å². The Bertz CT molecular complexity index is 510. The monoisotopic (exact) mass is 243 g/mol. The minimum atomic E-state index is 0.281. The zero-order valence-electron chi connectivity index (χ0n) is 11.1. The van der Waals surface area contributed by atoms with Gasteiger partial charge in [0.25, 0.3) is 0 Å². The Morgan fingerprint density at radius 3 is 2.72 bits per heavy atom. The van der Waals surface area contributed by atoms with Crippen molar-refractivity contribution in [2.75, 3.05) is 0 Å². The van der Waals surface area contributed by atoms with Crippen molar-refractivity contribution in [3.8, 4) is 0 Å². The molecule has 2 rings (SSSR count). The summed E-state index contributed by atoms with van der Waals surface area (Å²) in [6.45, 7) is 4.40. The Morgan fingerprint density at radius 2 is 2.00 bits per heavy atom. The number of rotatable bonds is 5. The number of nitrogens with zero attached hydrogens (tertiary/aromatic N) is 1. The summed E-state index contributed by atoms with van der Waals surface area (Å²) in [5, 5.41) is 1.18. The summed E-state index contributed by atoms with van der Waals surface area (Å²) < 4.78 is 0. The summed E-state index contributed by atoms with van der Waals surface area (Å²) in [6, 6.07) is 12.7. The average molecular weight is 243 g/mol. The molecular weight excluding hydrogens is 222 g/mol. The highest BCUT2D eigenvalue weighted by molar-refractivity contribution is 5.78. The van der Waals surface area contributed by atoms with Crippen molar-refractivity contribution in [1.29, 1.82) is 0 Å². The fraction of sp³-hybridized carbons (Fsp3) is 0.400. The maximum Gasteiger partial charge on any atom is 0.0705 e. The molecule has 2 unspecified atom stereocenters. The molecule has 0 saturated heterocycles. The van der Waals surface area contributed by atoms with E-state index in [0.29, 0.717) is 5.92 Å². The lowest BCUT2D eigenvalue weighted by Gasteiger charge is -2.21. The maximum atomic E-state index is 5.63. The summed E-state index contributed by atoms with van der Waals surface area (Å²) >= 11 is 0. The van der Waals surface area contributed by atoms with Gasteiger partial charge < -0.3 is 0 Å². The normalized spacial score (nSPS) is 14.6.